The summed E-state index contributed by atoms with van der Waals surface area (Å²) in [4.78, 5) is 4.32. The highest BCUT2D eigenvalue weighted by atomic mass is 16.5. The van der Waals surface area contributed by atoms with Gasteiger partial charge in [-0.25, -0.2) is 4.98 Å². The molecule has 0 aliphatic heterocycles. The smallest absolute Gasteiger partial charge is 0.213 e. The second-order valence-electron chi connectivity index (χ2n) is 4.08. The fourth-order valence-electron chi connectivity index (χ4n) is 1.70. The van der Waals surface area contributed by atoms with Crippen molar-refractivity contribution in [3.05, 3.63) is 59.3 Å². The molecule has 1 aromatic heterocycles. The number of nitrogens with one attached hydrogen (secondary N) is 1. The molecule has 0 saturated heterocycles. The van der Waals surface area contributed by atoms with Gasteiger partial charge in [0.2, 0.25) is 5.88 Å². The van der Waals surface area contributed by atoms with E-state index in [1.54, 1.807) is 7.11 Å². The Bertz CT molecular complexity index is 573. The van der Waals surface area contributed by atoms with E-state index in [-0.39, 0.29) is 0 Å². The lowest BCUT2D eigenvalue weighted by Gasteiger charge is -2.06. The highest BCUT2D eigenvalue weighted by molar-refractivity contribution is 5.31. The van der Waals surface area contributed by atoms with Crippen molar-refractivity contribution in [3.63, 3.8) is 0 Å². The Morgan fingerprint density at radius 3 is 2.63 bits per heavy atom. The number of nitriles is 1. The summed E-state index contributed by atoms with van der Waals surface area (Å²) in [5, 5.41) is 12.0. The maximum atomic E-state index is 8.72. The maximum Gasteiger partial charge on any atom is 0.213 e. The zero-order valence-corrected chi connectivity index (χ0v) is 10.8. The Morgan fingerprint density at radius 1 is 1.16 bits per heavy atom. The number of hydrogen-bond acceptors (Lipinski definition) is 4. The van der Waals surface area contributed by atoms with Crippen molar-refractivity contribution in [1.29, 1.82) is 5.26 Å². The normalized spacial score (nSPS) is 9.89. The quantitative estimate of drug-likeness (QED) is 0.888. The molecule has 1 N–H and O–H groups in total. The van der Waals surface area contributed by atoms with Gasteiger partial charge in [0, 0.05) is 19.2 Å². The van der Waals surface area contributed by atoms with E-state index in [4.69, 9.17) is 10.00 Å². The monoisotopic (exact) mass is 253 g/mol. The van der Waals surface area contributed by atoms with Crippen LogP contribution in [0.1, 0.15) is 16.8 Å². The van der Waals surface area contributed by atoms with Crippen molar-refractivity contribution in [2.45, 2.75) is 13.1 Å². The summed E-state index contributed by atoms with van der Waals surface area (Å²) in [6, 6.07) is 15.3. The van der Waals surface area contributed by atoms with Crippen LogP contribution in [0.15, 0.2) is 42.5 Å². The largest absolute Gasteiger partial charge is 0.481 e. The molecule has 0 radical (unpaired) electrons. The van der Waals surface area contributed by atoms with Crippen LogP contribution in [-0.2, 0) is 13.1 Å². The molecule has 0 aliphatic carbocycles. The van der Waals surface area contributed by atoms with Gasteiger partial charge in [-0.3, -0.25) is 0 Å². The Morgan fingerprint density at radius 2 is 1.95 bits per heavy atom. The molecule has 2 aromatic rings. The molecule has 0 saturated carbocycles. The lowest BCUT2D eigenvalue weighted by Crippen LogP contribution is -2.13. The third-order valence-electron chi connectivity index (χ3n) is 2.71. The predicted molar refractivity (Wildman–Crippen MR) is 72.5 cm³/mol. The number of hydrogen-bond donors (Lipinski definition) is 1. The van der Waals surface area contributed by atoms with E-state index < -0.39 is 0 Å². The van der Waals surface area contributed by atoms with Crippen molar-refractivity contribution in [1.82, 2.24) is 10.3 Å². The first-order valence-corrected chi connectivity index (χ1v) is 6.01. The maximum absolute atomic E-state index is 8.72. The lowest BCUT2D eigenvalue weighted by atomic mass is 10.1. The molecule has 0 bridgehead atoms. The number of benzene rings is 1. The van der Waals surface area contributed by atoms with Gasteiger partial charge in [0.1, 0.15) is 0 Å². The van der Waals surface area contributed by atoms with E-state index in [1.165, 1.54) is 0 Å². The summed E-state index contributed by atoms with van der Waals surface area (Å²) in [7, 11) is 1.61. The SMILES string of the molecule is COc1cccc(CNCc2ccc(C#N)cc2)n1. The molecular formula is C15H15N3O. The molecule has 0 fully saturated rings. The second kappa shape index (κ2) is 6.53. The Balaban J connectivity index is 1.87. The molecule has 96 valence electrons. The molecule has 4 heteroatoms. The van der Waals surface area contributed by atoms with Gasteiger partial charge in [-0.15, -0.1) is 0 Å². The first kappa shape index (κ1) is 13.1. The van der Waals surface area contributed by atoms with E-state index in [1.807, 2.05) is 42.5 Å². The molecule has 19 heavy (non-hydrogen) atoms. The van der Waals surface area contributed by atoms with Crippen molar-refractivity contribution in [2.24, 2.45) is 0 Å². The molecule has 1 aromatic carbocycles. The number of nitrogens with zero attached hydrogens (tertiary/aromatic N) is 2. The van der Waals surface area contributed by atoms with Gasteiger partial charge < -0.3 is 10.1 Å². The average Bonchev–Trinajstić information content (AvgIpc) is 2.48. The van der Waals surface area contributed by atoms with Crippen molar-refractivity contribution in [3.8, 4) is 11.9 Å². The Hall–Kier alpha value is -2.38. The average molecular weight is 253 g/mol. The van der Waals surface area contributed by atoms with Crippen LogP contribution in [0.25, 0.3) is 0 Å². The van der Waals surface area contributed by atoms with Crippen LogP contribution >= 0.6 is 0 Å². The topological polar surface area (TPSA) is 57.9 Å². The standard InChI is InChI=1S/C15H15N3O/c1-19-15-4-2-3-14(18-15)11-17-10-13-7-5-12(9-16)6-8-13/h2-8,17H,10-11H2,1H3. The van der Waals surface area contributed by atoms with Crippen LogP contribution in [0.4, 0.5) is 0 Å². The number of pyridine rings is 1. The molecule has 0 atom stereocenters. The van der Waals surface area contributed by atoms with E-state index in [2.05, 4.69) is 16.4 Å². The minimum absolute atomic E-state index is 0.623. The molecule has 0 spiro atoms. The molecule has 1 heterocycles. The van der Waals surface area contributed by atoms with Gasteiger partial charge in [0.15, 0.2) is 0 Å². The molecule has 0 unspecified atom stereocenters. The van der Waals surface area contributed by atoms with Gasteiger partial charge >= 0.3 is 0 Å². The molecule has 2 rings (SSSR count). The lowest BCUT2D eigenvalue weighted by molar-refractivity contribution is 0.395. The van der Waals surface area contributed by atoms with Gasteiger partial charge in [0.25, 0.3) is 0 Å². The van der Waals surface area contributed by atoms with Crippen molar-refractivity contribution >= 4 is 0 Å². The summed E-state index contributed by atoms with van der Waals surface area (Å²) in [5.74, 6) is 0.623. The van der Waals surface area contributed by atoms with Crippen molar-refractivity contribution in [2.75, 3.05) is 7.11 Å². The Labute approximate surface area is 112 Å². The minimum atomic E-state index is 0.623. The summed E-state index contributed by atoms with van der Waals surface area (Å²) in [6.07, 6.45) is 0. The molecule has 0 aliphatic rings. The summed E-state index contributed by atoms with van der Waals surface area (Å²) >= 11 is 0. The molecular weight excluding hydrogens is 238 g/mol. The Kier molecular flexibility index (Phi) is 4.49. The van der Waals surface area contributed by atoms with Crippen LogP contribution in [0.2, 0.25) is 0 Å². The van der Waals surface area contributed by atoms with Gasteiger partial charge in [-0.1, -0.05) is 18.2 Å². The van der Waals surface area contributed by atoms with Crippen LogP contribution < -0.4 is 10.1 Å². The van der Waals surface area contributed by atoms with Crippen molar-refractivity contribution < 1.29 is 4.74 Å². The number of methoxy groups -OCH3 is 1. The highest BCUT2D eigenvalue weighted by Gasteiger charge is 1.98. The molecule has 4 nitrogen and oxygen atoms in total. The second-order valence-corrected chi connectivity index (χ2v) is 4.08. The number of ether oxygens (including phenoxy) is 1. The zero-order valence-electron chi connectivity index (χ0n) is 10.8. The fraction of sp³-hybridized carbons (Fsp3) is 0.200. The molecule has 0 amide bonds. The zero-order chi connectivity index (χ0) is 13.5. The van der Waals surface area contributed by atoms with E-state index in [9.17, 15) is 0 Å². The van der Waals surface area contributed by atoms with Gasteiger partial charge in [-0.2, -0.15) is 5.26 Å². The number of rotatable bonds is 5. The van der Waals surface area contributed by atoms with E-state index in [0.717, 1.165) is 17.8 Å². The van der Waals surface area contributed by atoms with Crippen LogP contribution in [0, 0.1) is 11.3 Å². The van der Waals surface area contributed by atoms with Crippen LogP contribution in [0.3, 0.4) is 0 Å². The summed E-state index contributed by atoms with van der Waals surface area (Å²) in [5.41, 5.74) is 2.76. The van der Waals surface area contributed by atoms with E-state index in [0.29, 0.717) is 18.0 Å². The van der Waals surface area contributed by atoms with Crippen LogP contribution in [0.5, 0.6) is 5.88 Å². The highest BCUT2D eigenvalue weighted by Crippen LogP contribution is 2.07. The fourth-order valence-corrected chi connectivity index (χ4v) is 1.70. The predicted octanol–water partition coefficient (Wildman–Crippen LogP) is 2.25. The third-order valence-corrected chi connectivity index (χ3v) is 2.71. The van der Waals surface area contributed by atoms with Gasteiger partial charge in [0.05, 0.1) is 24.4 Å². The summed E-state index contributed by atoms with van der Waals surface area (Å²) in [6.45, 7) is 1.42. The number of aromatic nitrogens is 1. The minimum Gasteiger partial charge on any atom is -0.481 e. The van der Waals surface area contributed by atoms with E-state index >= 15 is 0 Å². The van der Waals surface area contributed by atoms with Gasteiger partial charge in [-0.05, 0) is 23.8 Å². The third kappa shape index (κ3) is 3.80. The first-order valence-electron chi connectivity index (χ1n) is 6.01. The summed E-state index contributed by atoms with van der Waals surface area (Å²) < 4.78 is 5.08. The van der Waals surface area contributed by atoms with Crippen LogP contribution in [-0.4, -0.2) is 12.1 Å². The first-order chi connectivity index (χ1) is 9.31.